The minimum atomic E-state index is -0.266. The third-order valence-corrected chi connectivity index (χ3v) is 9.35. The van der Waals surface area contributed by atoms with E-state index in [-0.39, 0.29) is 17.9 Å². The highest BCUT2D eigenvalue weighted by Crippen LogP contribution is 2.39. The number of nitrogens with one attached hydrogen (secondary N) is 1. The van der Waals surface area contributed by atoms with Crippen LogP contribution in [0, 0.1) is 18.8 Å². The first-order chi connectivity index (χ1) is 19.0. The van der Waals surface area contributed by atoms with Crippen molar-refractivity contribution in [1.29, 1.82) is 0 Å². The van der Waals surface area contributed by atoms with Gasteiger partial charge in [-0.3, -0.25) is 4.79 Å². The number of aryl methyl sites for hydroxylation is 1. The number of carbonyl (C=O) groups excluding carboxylic acids is 1. The zero-order valence-electron chi connectivity index (χ0n) is 23.1. The number of ether oxygens (including phenoxy) is 1. The number of aliphatic hydroxyl groups excluding tert-OH is 1. The number of hydrogen-bond donors (Lipinski definition) is 2. The highest BCUT2D eigenvalue weighted by Gasteiger charge is 2.32. The molecule has 0 aliphatic heterocycles. The van der Waals surface area contributed by atoms with Gasteiger partial charge in [0.25, 0.3) is 0 Å². The third-order valence-electron chi connectivity index (χ3n) is 8.57. The number of carbonyl (C=O) groups is 1. The van der Waals surface area contributed by atoms with Crippen molar-refractivity contribution in [3.63, 3.8) is 0 Å². The first-order valence-corrected chi connectivity index (χ1v) is 15.2. The fourth-order valence-corrected chi connectivity index (χ4v) is 6.82. The molecule has 5 rings (SSSR count). The van der Waals surface area contributed by atoms with E-state index in [0.29, 0.717) is 31.2 Å². The van der Waals surface area contributed by atoms with Gasteiger partial charge < -0.3 is 20.1 Å². The molecule has 0 spiro atoms. The summed E-state index contributed by atoms with van der Waals surface area (Å²) >= 11 is 1.64. The average Bonchev–Trinajstić information content (AvgIpc) is 3.49. The molecule has 1 heterocycles. The Morgan fingerprint density at radius 2 is 1.87 bits per heavy atom. The standard InChI is InChI=1S/C32H41N3O3S/c1-22-18-26(12-15-30(22)38-2)24-8-6-23(7-9-24)21-35(32(37)25-10-13-29(36)14-11-25)28-5-3-4-27(19-28)34-20-31-33-16-17-39-31/h3-5,12,15-19,23-25,29,34,36H,6-11,13-14,20-21H2,1-2H3. The van der Waals surface area contributed by atoms with Gasteiger partial charge in [-0.15, -0.1) is 11.3 Å². The molecule has 0 atom stereocenters. The number of anilines is 2. The molecule has 6 nitrogen and oxygen atoms in total. The predicted octanol–water partition coefficient (Wildman–Crippen LogP) is 6.93. The van der Waals surface area contributed by atoms with Gasteiger partial charge in [-0.25, -0.2) is 4.98 Å². The molecule has 208 valence electrons. The monoisotopic (exact) mass is 547 g/mol. The van der Waals surface area contributed by atoms with Crippen LogP contribution < -0.4 is 15.0 Å². The molecule has 39 heavy (non-hydrogen) atoms. The topological polar surface area (TPSA) is 74.7 Å². The minimum Gasteiger partial charge on any atom is -0.496 e. The third kappa shape index (κ3) is 7.00. The summed E-state index contributed by atoms with van der Waals surface area (Å²) in [7, 11) is 1.72. The summed E-state index contributed by atoms with van der Waals surface area (Å²) in [5, 5.41) is 16.5. The van der Waals surface area contributed by atoms with Crippen molar-refractivity contribution in [2.24, 2.45) is 11.8 Å². The fraction of sp³-hybridized carbons (Fsp3) is 0.500. The van der Waals surface area contributed by atoms with Crippen molar-refractivity contribution >= 4 is 28.6 Å². The molecule has 2 aromatic carbocycles. The van der Waals surface area contributed by atoms with Crippen LogP contribution in [0.4, 0.5) is 11.4 Å². The molecule has 2 aliphatic carbocycles. The summed E-state index contributed by atoms with van der Waals surface area (Å²) < 4.78 is 5.45. The zero-order valence-corrected chi connectivity index (χ0v) is 24.0. The van der Waals surface area contributed by atoms with Crippen molar-refractivity contribution in [2.75, 3.05) is 23.9 Å². The summed E-state index contributed by atoms with van der Waals surface area (Å²) in [6.45, 7) is 3.54. The lowest BCUT2D eigenvalue weighted by Gasteiger charge is -2.36. The van der Waals surface area contributed by atoms with E-state index >= 15 is 0 Å². The van der Waals surface area contributed by atoms with Crippen LogP contribution in [0.15, 0.2) is 54.0 Å². The van der Waals surface area contributed by atoms with Gasteiger partial charge in [0.15, 0.2) is 0 Å². The van der Waals surface area contributed by atoms with Gasteiger partial charge >= 0.3 is 0 Å². The van der Waals surface area contributed by atoms with E-state index in [1.807, 2.05) is 17.6 Å². The van der Waals surface area contributed by atoms with Gasteiger partial charge in [0, 0.05) is 35.4 Å². The quantitative estimate of drug-likeness (QED) is 0.304. The lowest BCUT2D eigenvalue weighted by Crippen LogP contribution is -2.41. The zero-order chi connectivity index (χ0) is 27.2. The van der Waals surface area contributed by atoms with Crippen molar-refractivity contribution < 1.29 is 14.6 Å². The second-order valence-corrected chi connectivity index (χ2v) is 12.2. The van der Waals surface area contributed by atoms with Gasteiger partial charge in [-0.05, 0) is 106 Å². The number of methoxy groups -OCH3 is 1. The highest BCUT2D eigenvalue weighted by molar-refractivity contribution is 7.09. The normalized spacial score (nSPS) is 23.3. The van der Waals surface area contributed by atoms with Crippen LogP contribution in [0.3, 0.4) is 0 Å². The molecular weight excluding hydrogens is 506 g/mol. The molecule has 2 fully saturated rings. The Morgan fingerprint density at radius 1 is 1.08 bits per heavy atom. The number of aromatic nitrogens is 1. The minimum absolute atomic E-state index is 0.0149. The molecule has 0 bridgehead atoms. The van der Waals surface area contributed by atoms with E-state index in [2.05, 4.69) is 58.5 Å². The van der Waals surface area contributed by atoms with Crippen LogP contribution in [-0.2, 0) is 11.3 Å². The molecule has 1 amide bonds. The van der Waals surface area contributed by atoms with Gasteiger partial charge in [0.05, 0.1) is 19.8 Å². The van der Waals surface area contributed by atoms with Crippen LogP contribution in [0.1, 0.15) is 73.4 Å². The van der Waals surface area contributed by atoms with Crippen LogP contribution in [-0.4, -0.2) is 35.8 Å². The molecule has 0 unspecified atom stereocenters. The fourth-order valence-electron chi connectivity index (χ4n) is 6.26. The van der Waals surface area contributed by atoms with Crippen LogP contribution in [0.5, 0.6) is 5.75 Å². The average molecular weight is 548 g/mol. The number of rotatable bonds is 9. The van der Waals surface area contributed by atoms with Crippen LogP contribution in [0.2, 0.25) is 0 Å². The number of amides is 1. The first kappa shape index (κ1) is 27.7. The van der Waals surface area contributed by atoms with E-state index in [9.17, 15) is 9.90 Å². The lowest BCUT2D eigenvalue weighted by atomic mass is 9.78. The van der Waals surface area contributed by atoms with Crippen LogP contribution in [0.25, 0.3) is 0 Å². The van der Waals surface area contributed by atoms with E-state index in [0.717, 1.165) is 67.2 Å². The Kier molecular flexibility index (Phi) is 9.20. The van der Waals surface area contributed by atoms with Gasteiger partial charge in [0.2, 0.25) is 5.91 Å². The maximum Gasteiger partial charge on any atom is 0.230 e. The maximum atomic E-state index is 13.9. The first-order valence-electron chi connectivity index (χ1n) is 14.4. The number of aliphatic hydroxyl groups is 1. The summed E-state index contributed by atoms with van der Waals surface area (Å²) in [6, 6.07) is 14.8. The maximum absolute atomic E-state index is 13.9. The van der Waals surface area contributed by atoms with E-state index < -0.39 is 0 Å². The van der Waals surface area contributed by atoms with Gasteiger partial charge in [0.1, 0.15) is 10.8 Å². The molecule has 3 aromatic rings. The molecular formula is C32H41N3O3S. The SMILES string of the molecule is COc1ccc(C2CCC(CN(C(=O)C3CCC(O)CC3)c3cccc(NCc4nccs4)c3)CC2)cc1C. The predicted molar refractivity (Wildman–Crippen MR) is 159 cm³/mol. The summed E-state index contributed by atoms with van der Waals surface area (Å²) in [5.74, 6) is 2.19. The van der Waals surface area contributed by atoms with Gasteiger partial charge in [-0.1, -0.05) is 18.2 Å². The number of nitrogens with zero attached hydrogens (tertiary/aromatic N) is 2. The molecule has 2 N–H and O–H groups in total. The number of hydrogen-bond acceptors (Lipinski definition) is 6. The summed E-state index contributed by atoms with van der Waals surface area (Å²) in [6.07, 6.45) is 9.03. The largest absolute Gasteiger partial charge is 0.496 e. The van der Waals surface area contributed by atoms with Crippen molar-refractivity contribution in [1.82, 2.24) is 4.98 Å². The molecule has 0 radical (unpaired) electrons. The Bertz CT molecular complexity index is 1220. The number of benzene rings is 2. The van der Waals surface area contributed by atoms with Gasteiger partial charge in [-0.2, -0.15) is 0 Å². The Balaban J connectivity index is 1.28. The second-order valence-electron chi connectivity index (χ2n) is 11.2. The van der Waals surface area contributed by atoms with E-state index in [1.54, 1.807) is 18.4 Å². The van der Waals surface area contributed by atoms with Crippen LogP contribution >= 0.6 is 11.3 Å². The smallest absolute Gasteiger partial charge is 0.230 e. The summed E-state index contributed by atoms with van der Waals surface area (Å²) in [5.41, 5.74) is 4.55. The van der Waals surface area contributed by atoms with E-state index in [1.165, 1.54) is 11.1 Å². The van der Waals surface area contributed by atoms with Crippen molar-refractivity contribution in [3.05, 3.63) is 70.2 Å². The van der Waals surface area contributed by atoms with E-state index in [4.69, 9.17) is 4.74 Å². The molecule has 2 aliphatic rings. The van der Waals surface area contributed by atoms with Crippen molar-refractivity contribution in [3.8, 4) is 5.75 Å². The lowest BCUT2D eigenvalue weighted by molar-refractivity contribution is -0.124. The highest BCUT2D eigenvalue weighted by atomic mass is 32.1. The molecule has 0 saturated heterocycles. The Hall–Kier alpha value is -2.90. The van der Waals surface area contributed by atoms with Crippen molar-refractivity contribution in [2.45, 2.75) is 76.9 Å². The number of thiazole rings is 1. The Labute approximate surface area is 236 Å². The molecule has 7 heteroatoms. The Morgan fingerprint density at radius 3 is 2.56 bits per heavy atom. The molecule has 2 saturated carbocycles. The molecule has 1 aromatic heterocycles. The summed E-state index contributed by atoms with van der Waals surface area (Å²) in [4.78, 5) is 20.3. The second kappa shape index (κ2) is 13.0.